The van der Waals surface area contributed by atoms with E-state index in [9.17, 15) is 14.4 Å². The van der Waals surface area contributed by atoms with E-state index in [-0.39, 0.29) is 19.1 Å². The van der Waals surface area contributed by atoms with E-state index in [4.69, 9.17) is 9.47 Å². The third-order valence-electron chi connectivity index (χ3n) is 5.18. The molecule has 0 aliphatic heterocycles. The normalized spacial score (nSPS) is 12.1. The lowest BCUT2D eigenvalue weighted by Crippen LogP contribution is -2.36. The predicted octanol–water partition coefficient (Wildman–Crippen LogP) is 2.78. The number of benzene rings is 2. The smallest absolute Gasteiger partial charge is 0.344 e. The minimum Gasteiger partial charge on any atom is -0.482 e. The second kappa shape index (κ2) is 10.1. The number of esters is 1. The summed E-state index contributed by atoms with van der Waals surface area (Å²) < 4.78 is 10.4. The molecule has 0 unspecified atom stereocenters. The largest absolute Gasteiger partial charge is 0.482 e. The monoisotopic (exact) mass is 424 g/mol. The SMILES string of the molecule is Cc1cc(C)c(NC(=O)CNC(=O)COC(=O)COc2ccc3c(c2)CCC3)c(C)c1. The lowest BCUT2D eigenvalue weighted by atomic mass is 10.1. The van der Waals surface area contributed by atoms with Crippen LogP contribution in [0, 0.1) is 20.8 Å². The van der Waals surface area contributed by atoms with Gasteiger partial charge in [-0.1, -0.05) is 23.8 Å². The molecule has 0 saturated carbocycles. The Balaban J connectivity index is 1.36. The summed E-state index contributed by atoms with van der Waals surface area (Å²) in [5, 5.41) is 5.24. The first-order valence-corrected chi connectivity index (χ1v) is 10.4. The van der Waals surface area contributed by atoms with Gasteiger partial charge < -0.3 is 20.1 Å². The highest BCUT2D eigenvalue weighted by Crippen LogP contribution is 2.26. The van der Waals surface area contributed by atoms with Crippen LogP contribution >= 0.6 is 0 Å². The van der Waals surface area contributed by atoms with Crippen LogP contribution in [-0.2, 0) is 32.0 Å². The summed E-state index contributed by atoms with van der Waals surface area (Å²) in [4.78, 5) is 35.8. The number of carbonyl (C=O) groups excluding carboxylic acids is 3. The quantitative estimate of drug-likeness (QED) is 0.636. The zero-order chi connectivity index (χ0) is 22.4. The highest BCUT2D eigenvalue weighted by atomic mass is 16.6. The van der Waals surface area contributed by atoms with Crippen molar-refractivity contribution in [3.8, 4) is 5.75 Å². The van der Waals surface area contributed by atoms with Gasteiger partial charge in [0.05, 0.1) is 6.54 Å². The third-order valence-corrected chi connectivity index (χ3v) is 5.18. The van der Waals surface area contributed by atoms with Gasteiger partial charge in [0, 0.05) is 5.69 Å². The van der Waals surface area contributed by atoms with E-state index in [1.807, 2.05) is 51.1 Å². The van der Waals surface area contributed by atoms with Crippen LogP contribution in [0.5, 0.6) is 5.75 Å². The molecule has 0 saturated heterocycles. The van der Waals surface area contributed by atoms with Crippen molar-refractivity contribution in [3.05, 3.63) is 58.1 Å². The summed E-state index contributed by atoms with van der Waals surface area (Å²) in [6.45, 7) is 4.86. The number of amides is 2. The maximum atomic E-state index is 12.1. The van der Waals surface area contributed by atoms with Gasteiger partial charge in [-0.15, -0.1) is 0 Å². The first-order chi connectivity index (χ1) is 14.8. The Morgan fingerprint density at radius 1 is 0.903 bits per heavy atom. The highest BCUT2D eigenvalue weighted by Gasteiger charge is 2.14. The summed E-state index contributed by atoms with van der Waals surface area (Å²) >= 11 is 0. The molecule has 0 bridgehead atoms. The van der Waals surface area contributed by atoms with Crippen LogP contribution in [-0.4, -0.2) is 37.5 Å². The predicted molar refractivity (Wildman–Crippen MR) is 117 cm³/mol. The van der Waals surface area contributed by atoms with Gasteiger partial charge in [0.25, 0.3) is 5.91 Å². The topological polar surface area (TPSA) is 93.7 Å². The van der Waals surface area contributed by atoms with Crippen LogP contribution in [0.1, 0.15) is 34.2 Å². The van der Waals surface area contributed by atoms with Crippen molar-refractivity contribution in [3.63, 3.8) is 0 Å². The van der Waals surface area contributed by atoms with Crippen LogP contribution in [0.15, 0.2) is 30.3 Å². The molecule has 0 atom stereocenters. The van der Waals surface area contributed by atoms with Crippen LogP contribution in [0.2, 0.25) is 0 Å². The highest BCUT2D eigenvalue weighted by molar-refractivity contribution is 5.96. The molecule has 1 aliphatic carbocycles. The average Bonchev–Trinajstić information content (AvgIpc) is 3.19. The standard InChI is InChI=1S/C24H28N2O5/c1-15-9-16(2)24(17(3)10-15)26-21(27)12-25-22(28)13-31-23(29)14-30-20-8-7-18-5-4-6-19(18)11-20/h7-11H,4-6,12-14H2,1-3H3,(H,25,28)(H,26,27). The molecule has 3 rings (SSSR count). The first kappa shape index (κ1) is 22.3. The number of hydrogen-bond acceptors (Lipinski definition) is 5. The van der Waals surface area contributed by atoms with Gasteiger partial charge in [-0.2, -0.15) is 0 Å². The van der Waals surface area contributed by atoms with Crippen molar-refractivity contribution in [1.82, 2.24) is 5.32 Å². The molecule has 7 nitrogen and oxygen atoms in total. The Labute approximate surface area is 182 Å². The Morgan fingerprint density at radius 3 is 2.35 bits per heavy atom. The van der Waals surface area contributed by atoms with Crippen molar-refractivity contribution in [2.24, 2.45) is 0 Å². The first-order valence-electron chi connectivity index (χ1n) is 10.4. The number of hydrogen-bond donors (Lipinski definition) is 2. The van der Waals surface area contributed by atoms with E-state index in [0.29, 0.717) is 5.75 Å². The lowest BCUT2D eigenvalue weighted by Gasteiger charge is -2.13. The molecule has 164 valence electrons. The lowest BCUT2D eigenvalue weighted by molar-refractivity contribution is -0.150. The zero-order valence-corrected chi connectivity index (χ0v) is 18.2. The molecule has 0 aromatic heterocycles. The Kier molecular flexibility index (Phi) is 7.28. The van der Waals surface area contributed by atoms with Gasteiger partial charge in [-0.3, -0.25) is 9.59 Å². The molecular weight excluding hydrogens is 396 g/mol. The summed E-state index contributed by atoms with van der Waals surface area (Å²) in [6, 6.07) is 9.75. The molecule has 31 heavy (non-hydrogen) atoms. The fourth-order valence-corrected chi connectivity index (χ4v) is 3.76. The number of anilines is 1. The molecule has 2 amide bonds. The van der Waals surface area contributed by atoms with E-state index in [1.165, 1.54) is 11.1 Å². The summed E-state index contributed by atoms with van der Waals surface area (Å²) in [5.41, 5.74) is 6.33. The molecule has 1 aliphatic rings. The van der Waals surface area contributed by atoms with Crippen LogP contribution < -0.4 is 15.4 Å². The molecular formula is C24H28N2O5. The molecule has 2 aromatic carbocycles. The van der Waals surface area contributed by atoms with Crippen LogP contribution in [0.25, 0.3) is 0 Å². The molecule has 0 spiro atoms. The molecule has 2 aromatic rings. The van der Waals surface area contributed by atoms with Gasteiger partial charge in [-0.05, 0) is 74.4 Å². The maximum absolute atomic E-state index is 12.1. The van der Waals surface area contributed by atoms with Crippen LogP contribution in [0.3, 0.4) is 0 Å². The third kappa shape index (κ3) is 6.31. The maximum Gasteiger partial charge on any atom is 0.344 e. The average molecular weight is 424 g/mol. The van der Waals surface area contributed by atoms with E-state index in [1.54, 1.807) is 0 Å². The van der Waals surface area contributed by atoms with Gasteiger partial charge in [-0.25, -0.2) is 4.79 Å². The fourth-order valence-electron chi connectivity index (χ4n) is 3.76. The molecule has 0 radical (unpaired) electrons. The fraction of sp³-hybridized carbons (Fsp3) is 0.375. The number of ether oxygens (including phenoxy) is 2. The Bertz CT molecular complexity index is 976. The summed E-state index contributed by atoms with van der Waals surface area (Å²) in [5.74, 6) is -0.945. The van der Waals surface area contributed by atoms with Crippen molar-refractivity contribution in [2.75, 3.05) is 25.1 Å². The minimum absolute atomic E-state index is 0.214. The van der Waals surface area contributed by atoms with Gasteiger partial charge in [0.2, 0.25) is 5.91 Å². The van der Waals surface area contributed by atoms with E-state index < -0.39 is 18.5 Å². The van der Waals surface area contributed by atoms with Crippen molar-refractivity contribution in [1.29, 1.82) is 0 Å². The summed E-state index contributed by atoms with van der Waals surface area (Å²) in [6.07, 6.45) is 3.24. The molecule has 7 heteroatoms. The molecule has 2 N–H and O–H groups in total. The number of aryl methyl sites for hydroxylation is 5. The Hall–Kier alpha value is -3.35. The van der Waals surface area contributed by atoms with E-state index in [0.717, 1.165) is 41.6 Å². The number of fused-ring (bicyclic) bond motifs is 1. The van der Waals surface area contributed by atoms with Crippen molar-refractivity contribution >= 4 is 23.5 Å². The number of rotatable bonds is 8. The Morgan fingerprint density at radius 2 is 1.61 bits per heavy atom. The van der Waals surface area contributed by atoms with Crippen molar-refractivity contribution < 1.29 is 23.9 Å². The van der Waals surface area contributed by atoms with Crippen molar-refractivity contribution in [2.45, 2.75) is 40.0 Å². The zero-order valence-electron chi connectivity index (χ0n) is 18.2. The summed E-state index contributed by atoms with van der Waals surface area (Å²) in [7, 11) is 0. The second-order valence-electron chi connectivity index (χ2n) is 7.83. The minimum atomic E-state index is -0.647. The number of nitrogens with one attached hydrogen (secondary N) is 2. The van der Waals surface area contributed by atoms with Crippen LogP contribution in [0.4, 0.5) is 5.69 Å². The van der Waals surface area contributed by atoms with Gasteiger partial charge in [0.15, 0.2) is 13.2 Å². The van der Waals surface area contributed by atoms with Gasteiger partial charge in [0.1, 0.15) is 5.75 Å². The number of carbonyl (C=O) groups is 3. The second-order valence-corrected chi connectivity index (χ2v) is 7.83. The molecule has 0 fully saturated rings. The molecule has 0 heterocycles. The van der Waals surface area contributed by atoms with E-state index in [2.05, 4.69) is 10.6 Å². The van der Waals surface area contributed by atoms with E-state index >= 15 is 0 Å². The van der Waals surface area contributed by atoms with Gasteiger partial charge >= 0.3 is 5.97 Å².